The standard InChI is InChI=1S/C4H8S.C2H6.H2O/c1-2-4-5-3-1;1-2;/h1-4H2;1-2H3;1H2. The first-order valence-electron chi connectivity index (χ1n) is 3.08. The second-order valence-corrected chi connectivity index (χ2v) is 2.54. The van der Waals surface area contributed by atoms with Gasteiger partial charge < -0.3 is 5.48 Å². The Hall–Kier alpha value is 0.310. The Balaban J connectivity index is 0. The van der Waals surface area contributed by atoms with Crippen molar-refractivity contribution >= 4 is 11.8 Å². The fourth-order valence-electron chi connectivity index (χ4n) is 0.510. The maximum Gasteiger partial charge on any atom is -0.00672 e. The molecular formula is C6H16OS. The van der Waals surface area contributed by atoms with Gasteiger partial charge in [0, 0.05) is 0 Å². The number of thioether (sulfide) groups is 1. The summed E-state index contributed by atoms with van der Waals surface area (Å²) < 4.78 is 0. The van der Waals surface area contributed by atoms with Gasteiger partial charge in [-0.15, -0.1) is 0 Å². The highest BCUT2D eigenvalue weighted by Crippen LogP contribution is 2.14. The molecule has 1 nitrogen and oxygen atoms in total. The summed E-state index contributed by atoms with van der Waals surface area (Å²) in [5.74, 6) is 2.83. The largest absolute Gasteiger partial charge is 0.412 e. The topological polar surface area (TPSA) is 31.5 Å². The van der Waals surface area contributed by atoms with Crippen LogP contribution in [0.4, 0.5) is 0 Å². The molecule has 0 spiro atoms. The molecular weight excluding hydrogens is 120 g/mol. The third-order valence-corrected chi connectivity index (χ3v) is 1.98. The van der Waals surface area contributed by atoms with Gasteiger partial charge in [-0.05, 0) is 24.3 Å². The van der Waals surface area contributed by atoms with Crippen LogP contribution in [-0.2, 0) is 0 Å². The van der Waals surface area contributed by atoms with E-state index in [2.05, 4.69) is 11.8 Å². The van der Waals surface area contributed by atoms with Crippen LogP contribution in [0.15, 0.2) is 0 Å². The third-order valence-electron chi connectivity index (χ3n) is 0.827. The van der Waals surface area contributed by atoms with Crippen LogP contribution >= 0.6 is 11.8 Å². The molecule has 0 amide bonds. The summed E-state index contributed by atoms with van der Waals surface area (Å²) in [4.78, 5) is 0. The van der Waals surface area contributed by atoms with Crippen LogP contribution < -0.4 is 0 Å². The lowest BCUT2D eigenvalue weighted by Gasteiger charge is -1.69. The minimum atomic E-state index is 0. The molecule has 0 aromatic rings. The van der Waals surface area contributed by atoms with E-state index in [1.54, 1.807) is 0 Å². The predicted octanol–water partition coefficient (Wildman–Crippen LogP) is 1.71. The smallest absolute Gasteiger partial charge is 0.00672 e. The molecule has 0 unspecified atom stereocenters. The molecule has 0 atom stereocenters. The Bertz CT molecular complexity index is 20.1. The molecule has 52 valence electrons. The molecule has 2 heteroatoms. The third kappa shape index (κ3) is 6.31. The highest BCUT2D eigenvalue weighted by atomic mass is 32.2. The highest BCUT2D eigenvalue weighted by molar-refractivity contribution is 7.99. The van der Waals surface area contributed by atoms with E-state index < -0.39 is 0 Å². The quantitative estimate of drug-likeness (QED) is 0.499. The van der Waals surface area contributed by atoms with Gasteiger partial charge in [0.25, 0.3) is 0 Å². The van der Waals surface area contributed by atoms with Crippen LogP contribution in [0.3, 0.4) is 0 Å². The van der Waals surface area contributed by atoms with Crippen LogP contribution in [0.25, 0.3) is 0 Å². The average Bonchev–Trinajstić information content (AvgIpc) is 2.23. The molecule has 1 aliphatic heterocycles. The number of hydrogen-bond acceptors (Lipinski definition) is 1. The fraction of sp³-hybridized carbons (Fsp3) is 1.00. The van der Waals surface area contributed by atoms with E-state index in [1.165, 1.54) is 24.3 Å². The molecule has 8 heavy (non-hydrogen) atoms. The zero-order valence-electron chi connectivity index (χ0n) is 5.74. The molecule has 2 N–H and O–H groups in total. The zero-order chi connectivity index (χ0) is 5.54. The lowest BCUT2D eigenvalue weighted by molar-refractivity contribution is 0.824. The maximum absolute atomic E-state index is 2.07. The Kier molecular flexibility index (Phi) is 14.4. The van der Waals surface area contributed by atoms with Crippen molar-refractivity contribution in [3.05, 3.63) is 0 Å². The summed E-state index contributed by atoms with van der Waals surface area (Å²) in [6.45, 7) is 4.00. The monoisotopic (exact) mass is 136 g/mol. The highest BCUT2D eigenvalue weighted by Gasteiger charge is 1.95. The van der Waals surface area contributed by atoms with E-state index in [0.29, 0.717) is 0 Å². The second-order valence-electron chi connectivity index (χ2n) is 1.32. The van der Waals surface area contributed by atoms with Crippen molar-refractivity contribution in [3.8, 4) is 0 Å². The molecule has 0 saturated carbocycles. The Morgan fingerprint density at radius 2 is 1.38 bits per heavy atom. The van der Waals surface area contributed by atoms with Crippen LogP contribution in [0.2, 0.25) is 0 Å². The van der Waals surface area contributed by atoms with Crippen molar-refractivity contribution in [2.45, 2.75) is 26.7 Å². The van der Waals surface area contributed by atoms with Gasteiger partial charge >= 0.3 is 0 Å². The van der Waals surface area contributed by atoms with Crippen LogP contribution in [0.1, 0.15) is 26.7 Å². The minimum absolute atomic E-state index is 0. The summed E-state index contributed by atoms with van der Waals surface area (Å²) in [5, 5.41) is 0. The molecule has 0 aromatic carbocycles. The molecule has 1 saturated heterocycles. The summed E-state index contributed by atoms with van der Waals surface area (Å²) in [7, 11) is 0. The van der Waals surface area contributed by atoms with Crippen molar-refractivity contribution < 1.29 is 5.48 Å². The number of hydrogen-bond donors (Lipinski definition) is 0. The Labute approximate surface area is 56.2 Å². The van der Waals surface area contributed by atoms with E-state index in [-0.39, 0.29) is 5.48 Å². The first-order valence-corrected chi connectivity index (χ1v) is 4.23. The van der Waals surface area contributed by atoms with Crippen molar-refractivity contribution in [2.24, 2.45) is 0 Å². The maximum atomic E-state index is 2.07. The lowest BCUT2D eigenvalue weighted by Crippen LogP contribution is -1.58. The van der Waals surface area contributed by atoms with Gasteiger partial charge in [-0.25, -0.2) is 0 Å². The molecule has 1 fully saturated rings. The summed E-state index contributed by atoms with van der Waals surface area (Å²) in [5.41, 5.74) is 0. The molecule has 0 aliphatic carbocycles. The van der Waals surface area contributed by atoms with Crippen LogP contribution in [0.5, 0.6) is 0 Å². The normalized spacial score (nSPS) is 15.8. The molecule has 1 heterocycles. The minimum Gasteiger partial charge on any atom is -0.412 e. The molecule has 0 aromatic heterocycles. The van der Waals surface area contributed by atoms with Crippen LogP contribution in [-0.4, -0.2) is 17.0 Å². The van der Waals surface area contributed by atoms with Gasteiger partial charge in [-0.1, -0.05) is 13.8 Å². The van der Waals surface area contributed by atoms with Gasteiger partial charge in [0.2, 0.25) is 0 Å². The van der Waals surface area contributed by atoms with Crippen molar-refractivity contribution in [1.29, 1.82) is 0 Å². The van der Waals surface area contributed by atoms with E-state index in [9.17, 15) is 0 Å². The lowest BCUT2D eigenvalue weighted by atomic mass is 10.4. The fourth-order valence-corrected chi connectivity index (χ4v) is 1.53. The summed E-state index contributed by atoms with van der Waals surface area (Å²) in [6.07, 6.45) is 2.93. The molecule has 1 rings (SSSR count). The summed E-state index contributed by atoms with van der Waals surface area (Å²) in [6, 6.07) is 0. The first-order chi connectivity index (χ1) is 3.50. The average molecular weight is 136 g/mol. The molecule has 0 radical (unpaired) electrons. The number of rotatable bonds is 0. The van der Waals surface area contributed by atoms with E-state index in [1.807, 2.05) is 13.8 Å². The molecule has 1 aliphatic rings. The van der Waals surface area contributed by atoms with Gasteiger partial charge in [0.15, 0.2) is 0 Å². The first kappa shape index (κ1) is 11.2. The van der Waals surface area contributed by atoms with Gasteiger partial charge in [0.1, 0.15) is 0 Å². The van der Waals surface area contributed by atoms with Gasteiger partial charge in [0.05, 0.1) is 0 Å². The van der Waals surface area contributed by atoms with E-state index >= 15 is 0 Å². The zero-order valence-corrected chi connectivity index (χ0v) is 6.55. The van der Waals surface area contributed by atoms with Crippen LogP contribution in [0, 0.1) is 0 Å². The van der Waals surface area contributed by atoms with E-state index in [4.69, 9.17) is 0 Å². The summed E-state index contributed by atoms with van der Waals surface area (Å²) >= 11 is 2.07. The van der Waals surface area contributed by atoms with Gasteiger partial charge in [-0.2, -0.15) is 11.8 Å². The predicted molar refractivity (Wildman–Crippen MR) is 41.5 cm³/mol. The molecule has 0 bridgehead atoms. The van der Waals surface area contributed by atoms with Gasteiger partial charge in [-0.3, -0.25) is 0 Å². The van der Waals surface area contributed by atoms with Crippen molar-refractivity contribution in [1.82, 2.24) is 0 Å². The second kappa shape index (κ2) is 10.3. The SMILES string of the molecule is C1CCSC1.CC.O. The van der Waals surface area contributed by atoms with E-state index in [0.717, 1.165) is 0 Å². The Morgan fingerprint density at radius 3 is 1.50 bits per heavy atom. The Morgan fingerprint density at radius 1 is 1.00 bits per heavy atom. The van der Waals surface area contributed by atoms with Crippen molar-refractivity contribution in [2.75, 3.05) is 11.5 Å². The van der Waals surface area contributed by atoms with Crippen molar-refractivity contribution in [3.63, 3.8) is 0 Å².